The second-order valence-corrected chi connectivity index (χ2v) is 7.41. The van der Waals surface area contributed by atoms with Crippen molar-refractivity contribution < 1.29 is 23.9 Å². The average molecular weight is 434 g/mol. The highest BCUT2D eigenvalue weighted by molar-refractivity contribution is 7.09. The molecule has 1 aromatic heterocycles. The summed E-state index contributed by atoms with van der Waals surface area (Å²) >= 11 is 1.21. The summed E-state index contributed by atoms with van der Waals surface area (Å²) in [5.74, 6) is -2.10. The molecular weight excluding hydrogens is 416 g/mol. The number of aryl methyl sites for hydroxylation is 1. The number of ether oxygens (including phenoxy) is 2. The number of aromatic nitrogens is 1. The van der Waals surface area contributed by atoms with E-state index < -0.39 is 30.9 Å². The zero-order chi connectivity index (χ0) is 22.2. The van der Waals surface area contributed by atoms with Gasteiger partial charge in [-0.3, -0.25) is 9.59 Å². The molecule has 3 aromatic rings. The lowest BCUT2D eigenvalue weighted by Gasteiger charge is -2.09. The lowest BCUT2D eigenvalue weighted by Crippen LogP contribution is -2.22. The molecule has 0 N–H and O–H groups in total. The highest BCUT2D eigenvalue weighted by atomic mass is 32.1. The van der Waals surface area contributed by atoms with Crippen LogP contribution in [0.4, 0.5) is 0 Å². The predicted molar refractivity (Wildman–Crippen MR) is 113 cm³/mol. The Kier molecular flexibility index (Phi) is 7.25. The molecule has 0 saturated heterocycles. The number of nitriles is 1. The fourth-order valence-electron chi connectivity index (χ4n) is 2.65. The molecule has 0 radical (unpaired) electrons. The van der Waals surface area contributed by atoms with E-state index >= 15 is 0 Å². The largest absolute Gasteiger partial charge is 0.482 e. The number of nitrogens with zero attached hydrogens (tertiary/aromatic N) is 2. The van der Waals surface area contributed by atoms with Gasteiger partial charge < -0.3 is 9.47 Å². The first-order valence-corrected chi connectivity index (χ1v) is 10.2. The molecule has 31 heavy (non-hydrogen) atoms. The minimum Gasteiger partial charge on any atom is -0.482 e. The van der Waals surface area contributed by atoms with Crippen molar-refractivity contribution in [1.29, 1.82) is 5.26 Å². The number of ketones is 2. The third-order valence-corrected chi connectivity index (χ3v) is 5.25. The first-order valence-electron chi connectivity index (χ1n) is 9.30. The van der Waals surface area contributed by atoms with Crippen LogP contribution >= 0.6 is 11.3 Å². The van der Waals surface area contributed by atoms with E-state index in [1.807, 2.05) is 12.1 Å². The lowest BCUT2D eigenvalue weighted by molar-refractivity contribution is -0.150. The molecule has 0 bridgehead atoms. The van der Waals surface area contributed by atoms with Crippen molar-refractivity contribution in [3.63, 3.8) is 0 Å². The van der Waals surface area contributed by atoms with E-state index in [1.54, 1.807) is 60.8 Å². The van der Waals surface area contributed by atoms with Gasteiger partial charge in [0.2, 0.25) is 0 Å². The Balaban J connectivity index is 1.48. The molecule has 1 atom stereocenters. The van der Waals surface area contributed by atoms with Crippen LogP contribution < -0.4 is 4.74 Å². The fraction of sp³-hybridized carbons (Fsp3) is 0.174. The molecule has 2 aromatic carbocycles. The minimum atomic E-state index is -1.07. The average Bonchev–Trinajstić information content (AvgIpc) is 3.23. The first-order chi connectivity index (χ1) is 15.0. The van der Waals surface area contributed by atoms with Crippen molar-refractivity contribution >= 4 is 28.9 Å². The summed E-state index contributed by atoms with van der Waals surface area (Å²) in [5, 5.41) is 11.3. The number of benzene rings is 2. The molecule has 0 aliphatic carbocycles. The maximum atomic E-state index is 12.4. The summed E-state index contributed by atoms with van der Waals surface area (Å²) in [7, 11) is 0. The van der Waals surface area contributed by atoms with Gasteiger partial charge in [-0.2, -0.15) is 5.26 Å². The van der Waals surface area contributed by atoms with Gasteiger partial charge in [0.05, 0.1) is 6.07 Å². The molecular formula is C23H18N2O5S. The minimum absolute atomic E-state index is 0.118. The molecule has 0 aliphatic heterocycles. The van der Waals surface area contributed by atoms with E-state index in [2.05, 4.69) is 4.98 Å². The topological polar surface area (TPSA) is 106 Å². The molecule has 156 valence electrons. The van der Waals surface area contributed by atoms with Crippen molar-refractivity contribution in [1.82, 2.24) is 4.98 Å². The van der Waals surface area contributed by atoms with Crippen LogP contribution in [0.1, 0.15) is 32.5 Å². The Morgan fingerprint density at radius 3 is 2.32 bits per heavy atom. The number of esters is 1. The van der Waals surface area contributed by atoms with Crippen molar-refractivity contribution in [3.05, 3.63) is 81.8 Å². The van der Waals surface area contributed by atoms with Crippen LogP contribution in [0.15, 0.2) is 60.0 Å². The summed E-state index contributed by atoms with van der Waals surface area (Å²) in [6, 6.07) is 17.1. The van der Waals surface area contributed by atoms with Gasteiger partial charge in [-0.05, 0) is 31.2 Å². The van der Waals surface area contributed by atoms with E-state index in [0.717, 1.165) is 5.69 Å². The van der Waals surface area contributed by atoms with E-state index in [0.29, 0.717) is 21.9 Å². The third kappa shape index (κ3) is 5.84. The van der Waals surface area contributed by atoms with E-state index in [9.17, 15) is 19.6 Å². The Hall–Kier alpha value is -3.83. The lowest BCUT2D eigenvalue weighted by atomic mass is 10.0. The Bertz CT molecular complexity index is 1120. The van der Waals surface area contributed by atoms with Gasteiger partial charge in [0.1, 0.15) is 10.8 Å². The number of rotatable bonds is 9. The zero-order valence-corrected chi connectivity index (χ0v) is 17.4. The predicted octanol–water partition coefficient (Wildman–Crippen LogP) is 3.48. The van der Waals surface area contributed by atoms with E-state index in [1.165, 1.54) is 11.3 Å². The molecule has 0 fully saturated rings. The van der Waals surface area contributed by atoms with Crippen molar-refractivity contribution in [2.75, 3.05) is 13.2 Å². The Morgan fingerprint density at radius 1 is 1.03 bits per heavy atom. The van der Waals surface area contributed by atoms with Gasteiger partial charge in [-0.25, -0.2) is 9.78 Å². The van der Waals surface area contributed by atoms with Crippen LogP contribution in [-0.4, -0.2) is 35.7 Å². The third-order valence-electron chi connectivity index (χ3n) is 4.22. The monoisotopic (exact) mass is 434 g/mol. The highest BCUT2D eigenvalue weighted by Crippen LogP contribution is 2.21. The number of hydrogen-bond acceptors (Lipinski definition) is 8. The second-order valence-electron chi connectivity index (χ2n) is 6.52. The highest BCUT2D eigenvalue weighted by Gasteiger charge is 2.24. The molecule has 0 saturated carbocycles. The molecule has 0 amide bonds. The van der Waals surface area contributed by atoms with Crippen molar-refractivity contribution in [2.45, 2.75) is 12.8 Å². The molecule has 3 rings (SSSR count). The molecule has 7 nitrogen and oxygen atoms in total. The zero-order valence-electron chi connectivity index (χ0n) is 16.6. The molecule has 0 aliphatic rings. The standard InChI is InChI=1S/C23H18N2O5S/c1-15-14-31-23(25-15)19(11-24)20(26)12-30-21(27)13-29-18-9-7-17(8-10-18)22(28)16-5-3-2-4-6-16/h2-10,14,19H,12-13H2,1H3/t19-/m0/s1. The normalized spacial score (nSPS) is 11.2. The van der Waals surface area contributed by atoms with Gasteiger partial charge >= 0.3 is 5.97 Å². The first kappa shape index (κ1) is 21.9. The Morgan fingerprint density at radius 2 is 1.71 bits per heavy atom. The van der Waals surface area contributed by atoms with Gasteiger partial charge in [0.15, 0.2) is 30.7 Å². The van der Waals surface area contributed by atoms with Crippen LogP contribution in [0.25, 0.3) is 0 Å². The summed E-state index contributed by atoms with van der Waals surface area (Å²) in [4.78, 5) is 40.6. The van der Waals surface area contributed by atoms with Gasteiger partial charge in [-0.15, -0.1) is 11.3 Å². The number of carbonyl (C=O) groups excluding carboxylic acids is 3. The molecule has 0 spiro atoms. The van der Waals surface area contributed by atoms with Crippen molar-refractivity contribution in [2.24, 2.45) is 0 Å². The number of Topliss-reactive ketones (excluding diaryl/α,β-unsaturated/α-hetero) is 1. The number of thiazole rings is 1. The molecule has 8 heteroatoms. The summed E-state index contributed by atoms with van der Waals surface area (Å²) in [5.41, 5.74) is 1.79. The second kappa shape index (κ2) is 10.3. The SMILES string of the molecule is Cc1csc([C@@H](C#N)C(=O)COC(=O)COc2ccc(C(=O)c3ccccc3)cc2)n1. The number of hydrogen-bond donors (Lipinski definition) is 0. The quantitative estimate of drug-likeness (QED) is 0.375. The van der Waals surface area contributed by atoms with E-state index in [-0.39, 0.29) is 5.78 Å². The van der Waals surface area contributed by atoms with Gasteiger partial charge in [0, 0.05) is 22.2 Å². The van der Waals surface area contributed by atoms with Crippen LogP contribution in [0.3, 0.4) is 0 Å². The van der Waals surface area contributed by atoms with Gasteiger partial charge in [0.25, 0.3) is 0 Å². The van der Waals surface area contributed by atoms with Crippen LogP contribution in [0.2, 0.25) is 0 Å². The summed E-state index contributed by atoms with van der Waals surface area (Å²) in [6.45, 7) is 0.816. The smallest absolute Gasteiger partial charge is 0.344 e. The van der Waals surface area contributed by atoms with E-state index in [4.69, 9.17) is 9.47 Å². The van der Waals surface area contributed by atoms with Crippen molar-refractivity contribution in [3.8, 4) is 11.8 Å². The molecule has 1 heterocycles. The van der Waals surface area contributed by atoms with Gasteiger partial charge in [-0.1, -0.05) is 30.3 Å². The Labute approximate surface area is 182 Å². The van der Waals surface area contributed by atoms with Crippen LogP contribution in [0, 0.1) is 18.3 Å². The van der Waals surface area contributed by atoms with Crippen LogP contribution in [-0.2, 0) is 14.3 Å². The van der Waals surface area contributed by atoms with Crippen LogP contribution in [0.5, 0.6) is 5.75 Å². The summed E-state index contributed by atoms with van der Waals surface area (Å²) in [6.07, 6.45) is 0. The summed E-state index contributed by atoms with van der Waals surface area (Å²) < 4.78 is 10.3. The maximum absolute atomic E-state index is 12.4. The fourth-order valence-corrected chi connectivity index (χ4v) is 3.51. The maximum Gasteiger partial charge on any atom is 0.344 e. The molecule has 0 unspecified atom stereocenters. The number of carbonyl (C=O) groups is 3.